The first kappa shape index (κ1) is 16.7. The van der Waals surface area contributed by atoms with Crippen molar-refractivity contribution in [1.29, 1.82) is 0 Å². The maximum Gasteiger partial charge on any atom is 0.387 e. The summed E-state index contributed by atoms with van der Waals surface area (Å²) < 4.78 is 33.7. The number of alkyl halides is 2. The summed E-state index contributed by atoms with van der Waals surface area (Å²) in [6.07, 6.45) is 0. The second-order valence-corrected chi connectivity index (χ2v) is 5.04. The number of methoxy groups -OCH3 is 1. The molecule has 1 aromatic rings. The third-order valence-electron chi connectivity index (χ3n) is 2.66. The zero-order valence-corrected chi connectivity index (χ0v) is 12.1. The number of hydrogen-bond acceptors (Lipinski definition) is 4. The van der Waals surface area contributed by atoms with Crippen molar-refractivity contribution in [3.8, 4) is 5.75 Å². The Bertz CT molecular complexity index is 481. The van der Waals surface area contributed by atoms with Crippen molar-refractivity contribution < 1.29 is 23.0 Å². The number of carbonyl (C=O) groups is 1. The topological polar surface area (TPSA) is 47.6 Å². The molecule has 112 valence electrons. The lowest BCUT2D eigenvalue weighted by Crippen LogP contribution is -2.47. The first-order valence-corrected chi connectivity index (χ1v) is 6.20. The van der Waals surface area contributed by atoms with E-state index in [4.69, 9.17) is 11.6 Å². The Labute approximate surface area is 121 Å². The van der Waals surface area contributed by atoms with Crippen LogP contribution in [0.2, 0.25) is 5.02 Å². The fourth-order valence-electron chi connectivity index (χ4n) is 1.54. The molecule has 0 aliphatic heterocycles. The zero-order valence-electron chi connectivity index (χ0n) is 11.4. The Balaban J connectivity index is 2.86. The van der Waals surface area contributed by atoms with Gasteiger partial charge in [-0.2, -0.15) is 8.78 Å². The van der Waals surface area contributed by atoms with Gasteiger partial charge in [0.25, 0.3) is 0 Å². The van der Waals surface area contributed by atoms with E-state index >= 15 is 0 Å². The quantitative estimate of drug-likeness (QED) is 0.821. The van der Waals surface area contributed by atoms with Gasteiger partial charge in [-0.15, -0.1) is 0 Å². The molecule has 0 amide bonds. The average Bonchev–Trinajstić information content (AvgIpc) is 2.37. The van der Waals surface area contributed by atoms with Crippen molar-refractivity contribution in [3.63, 3.8) is 0 Å². The van der Waals surface area contributed by atoms with Crippen LogP contribution in [-0.2, 0) is 16.1 Å². The fourth-order valence-corrected chi connectivity index (χ4v) is 1.74. The van der Waals surface area contributed by atoms with Crippen molar-refractivity contribution >= 4 is 17.6 Å². The van der Waals surface area contributed by atoms with Crippen LogP contribution in [-0.4, -0.2) is 25.2 Å². The predicted octanol–water partition coefficient (Wildman–Crippen LogP) is 2.98. The molecule has 0 spiro atoms. The largest absolute Gasteiger partial charge is 0.468 e. The van der Waals surface area contributed by atoms with Gasteiger partial charge in [0.1, 0.15) is 11.3 Å². The van der Waals surface area contributed by atoms with Crippen molar-refractivity contribution in [2.75, 3.05) is 7.11 Å². The van der Waals surface area contributed by atoms with Gasteiger partial charge in [0.05, 0.1) is 7.11 Å². The van der Waals surface area contributed by atoms with Crippen LogP contribution in [0.4, 0.5) is 8.78 Å². The van der Waals surface area contributed by atoms with Crippen LogP contribution in [0, 0.1) is 0 Å². The smallest absolute Gasteiger partial charge is 0.387 e. The summed E-state index contributed by atoms with van der Waals surface area (Å²) in [5, 5.41) is 3.30. The number of carbonyl (C=O) groups excluding carboxylic acids is 1. The molecule has 0 saturated carbocycles. The van der Waals surface area contributed by atoms with Crippen LogP contribution < -0.4 is 10.1 Å². The molecule has 0 aromatic heterocycles. The summed E-state index contributed by atoms with van der Waals surface area (Å²) in [5.41, 5.74) is -0.533. The Hall–Kier alpha value is -1.40. The molecule has 1 aromatic carbocycles. The lowest BCUT2D eigenvalue weighted by Gasteiger charge is -2.23. The summed E-state index contributed by atoms with van der Waals surface area (Å²) >= 11 is 5.83. The lowest BCUT2D eigenvalue weighted by atomic mass is 10.1. The van der Waals surface area contributed by atoms with Crippen molar-refractivity contribution in [2.45, 2.75) is 32.5 Å². The Morgan fingerprint density at radius 2 is 2.10 bits per heavy atom. The summed E-state index contributed by atoms with van der Waals surface area (Å²) in [6, 6.07) is 4.31. The number of nitrogens with one attached hydrogen (secondary N) is 1. The van der Waals surface area contributed by atoms with Crippen LogP contribution in [0.1, 0.15) is 19.4 Å². The molecular weight excluding hydrogens is 292 g/mol. The van der Waals surface area contributed by atoms with Gasteiger partial charge in [-0.3, -0.25) is 10.1 Å². The molecule has 0 fully saturated rings. The number of hydrogen-bond donors (Lipinski definition) is 1. The molecule has 0 radical (unpaired) electrons. The van der Waals surface area contributed by atoms with Gasteiger partial charge in [-0.05, 0) is 32.0 Å². The normalized spacial score (nSPS) is 11.6. The SMILES string of the molecule is COC(=O)C(C)(C)NCc1cc(Cl)ccc1OC(F)F. The molecule has 1 rings (SSSR count). The third kappa shape index (κ3) is 4.61. The van der Waals surface area contributed by atoms with Gasteiger partial charge in [-0.1, -0.05) is 11.6 Å². The minimum Gasteiger partial charge on any atom is -0.468 e. The maximum atomic E-state index is 12.3. The van der Waals surface area contributed by atoms with Gasteiger partial charge < -0.3 is 9.47 Å². The highest BCUT2D eigenvalue weighted by atomic mass is 35.5. The van der Waals surface area contributed by atoms with Gasteiger partial charge in [-0.25, -0.2) is 0 Å². The Morgan fingerprint density at radius 1 is 1.45 bits per heavy atom. The molecule has 0 bridgehead atoms. The van der Waals surface area contributed by atoms with Crippen LogP contribution in [0.25, 0.3) is 0 Å². The van der Waals surface area contributed by atoms with E-state index in [1.807, 2.05) is 0 Å². The second-order valence-electron chi connectivity index (χ2n) is 4.60. The van der Waals surface area contributed by atoms with E-state index in [0.29, 0.717) is 10.6 Å². The number of halogens is 3. The molecule has 7 heteroatoms. The number of rotatable bonds is 6. The Kier molecular flexibility index (Phi) is 5.71. The van der Waals surface area contributed by atoms with E-state index in [1.165, 1.54) is 25.3 Å². The summed E-state index contributed by atoms with van der Waals surface area (Å²) in [6.45, 7) is 0.446. The molecule has 0 atom stereocenters. The standard InChI is InChI=1S/C13H16ClF2NO3/c1-13(2,11(18)19-3)17-7-8-6-9(14)4-5-10(8)20-12(15)16/h4-6,12,17H,7H2,1-3H3. The first-order valence-electron chi connectivity index (χ1n) is 5.83. The molecular formula is C13H16ClF2NO3. The summed E-state index contributed by atoms with van der Waals surface area (Å²) in [5.74, 6) is -0.451. The summed E-state index contributed by atoms with van der Waals surface area (Å²) in [7, 11) is 1.27. The monoisotopic (exact) mass is 307 g/mol. The van der Waals surface area contributed by atoms with Crippen LogP contribution >= 0.6 is 11.6 Å². The minimum atomic E-state index is -2.93. The van der Waals surface area contributed by atoms with E-state index in [9.17, 15) is 13.6 Å². The third-order valence-corrected chi connectivity index (χ3v) is 2.89. The van der Waals surface area contributed by atoms with E-state index < -0.39 is 18.1 Å². The predicted molar refractivity (Wildman–Crippen MR) is 71.0 cm³/mol. The summed E-state index contributed by atoms with van der Waals surface area (Å²) in [4.78, 5) is 11.5. The highest BCUT2D eigenvalue weighted by molar-refractivity contribution is 6.30. The van der Waals surface area contributed by atoms with Crippen molar-refractivity contribution in [3.05, 3.63) is 28.8 Å². The van der Waals surface area contributed by atoms with E-state index in [0.717, 1.165) is 0 Å². The molecule has 0 unspecified atom stereocenters. The maximum absolute atomic E-state index is 12.3. The second kappa shape index (κ2) is 6.85. The van der Waals surface area contributed by atoms with Crippen LogP contribution in [0.3, 0.4) is 0 Å². The number of esters is 1. The highest BCUT2D eigenvalue weighted by Crippen LogP contribution is 2.25. The minimum absolute atomic E-state index is 0.0116. The first-order chi connectivity index (χ1) is 9.26. The van der Waals surface area contributed by atoms with Gasteiger partial charge in [0, 0.05) is 17.1 Å². The molecule has 0 aliphatic carbocycles. The molecule has 4 nitrogen and oxygen atoms in total. The fraction of sp³-hybridized carbons (Fsp3) is 0.462. The molecule has 0 heterocycles. The van der Waals surface area contributed by atoms with Gasteiger partial charge in [0.15, 0.2) is 0 Å². The van der Waals surface area contributed by atoms with E-state index in [1.54, 1.807) is 13.8 Å². The molecule has 1 N–H and O–H groups in total. The van der Waals surface area contributed by atoms with E-state index in [-0.39, 0.29) is 12.3 Å². The average molecular weight is 308 g/mol. The number of benzene rings is 1. The van der Waals surface area contributed by atoms with E-state index in [2.05, 4.69) is 14.8 Å². The molecule has 0 saturated heterocycles. The van der Waals surface area contributed by atoms with Gasteiger partial charge >= 0.3 is 12.6 Å². The van der Waals surface area contributed by atoms with Crippen LogP contribution in [0.15, 0.2) is 18.2 Å². The van der Waals surface area contributed by atoms with Crippen LogP contribution in [0.5, 0.6) is 5.75 Å². The molecule has 0 aliphatic rings. The zero-order chi connectivity index (χ0) is 15.3. The van der Waals surface area contributed by atoms with Crippen molar-refractivity contribution in [2.24, 2.45) is 0 Å². The molecule has 20 heavy (non-hydrogen) atoms. The number of ether oxygens (including phenoxy) is 2. The van der Waals surface area contributed by atoms with Gasteiger partial charge in [0.2, 0.25) is 0 Å². The highest BCUT2D eigenvalue weighted by Gasteiger charge is 2.28. The van der Waals surface area contributed by atoms with Crippen molar-refractivity contribution in [1.82, 2.24) is 5.32 Å². The lowest BCUT2D eigenvalue weighted by molar-refractivity contribution is -0.147. The Morgan fingerprint density at radius 3 is 2.65 bits per heavy atom.